The highest BCUT2D eigenvalue weighted by Crippen LogP contribution is 2.43. The standard InChI is InChI=1S/C58H107O11P/c1-4-7-10-13-16-19-22-25-26-27-28-31-34-37-40-43-46-49-58(62)69-55(51-65-56(60)47-44-41-38-35-32-29-23-20-17-14-11-8-5-2)53-67-70(63,64)66-52-54(50-59)68-57(61)48-45-42-39-36-33-30-24-21-18-15-12-9-6-3/h11,14,20-21,23-24,54-55,59H,4-10,12-13,15-19,22,25-53H2,1-3H3,(H,63,64)/b14-11-,23-20-,24-21-. The summed E-state index contributed by atoms with van der Waals surface area (Å²) in [6.45, 7) is 4.58. The van der Waals surface area contributed by atoms with Crippen LogP contribution in [0.5, 0.6) is 0 Å². The van der Waals surface area contributed by atoms with E-state index < -0.39 is 57.8 Å². The Hall–Kier alpha value is -2.30. The zero-order valence-corrected chi connectivity index (χ0v) is 46.1. The van der Waals surface area contributed by atoms with Crippen LogP contribution in [0.15, 0.2) is 36.5 Å². The van der Waals surface area contributed by atoms with Gasteiger partial charge in [0.25, 0.3) is 0 Å². The van der Waals surface area contributed by atoms with Crippen molar-refractivity contribution in [2.75, 3.05) is 26.4 Å². The largest absolute Gasteiger partial charge is 0.472 e. The number of carbonyl (C=O) groups excluding carboxylic acids is 3. The number of allylic oxidation sites excluding steroid dienone is 6. The quantitative estimate of drug-likeness (QED) is 0.0197. The zero-order valence-electron chi connectivity index (χ0n) is 45.2. The average Bonchev–Trinajstić information content (AvgIpc) is 3.35. The number of esters is 3. The lowest BCUT2D eigenvalue weighted by Crippen LogP contribution is -2.30. The highest BCUT2D eigenvalue weighted by atomic mass is 31.2. The number of unbranched alkanes of at least 4 members (excludes halogenated alkanes) is 31. The van der Waals surface area contributed by atoms with Gasteiger partial charge in [0.05, 0.1) is 19.8 Å². The van der Waals surface area contributed by atoms with Gasteiger partial charge in [0.15, 0.2) is 6.10 Å². The van der Waals surface area contributed by atoms with Gasteiger partial charge in [0.2, 0.25) is 0 Å². The number of ether oxygens (including phenoxy) is 3. The Morgan fingerprint density at radius 3 is 1.14 bits per heavy atom. The summed E-state index contributed by atoms with van der Waals surface area (Å²) in [6, 6.07) is 0. The maximum Gasteiger partial charge on any atom is 0.472 e. The first-order valence-electron chi connectivity index (χ1n) is 28.9. The van der Waals surface area contributed by atoms with Gasteiger partial charge in [-0.1, -0.05) is 224 Å². The van der Waals surface area contributed by atoms with Crippen molar-refractivity contribution in [3.05, 3.63) is 36.5 Å². The third kappa shape index (κ3) is 50.6. The van der Waals surface area contributed by atoms with E-state index in [1.54, 1.807) is 0 Å². The van der Waals surface area contributed by atoms with Crippen molar-refractivity contribution in [2.45, 2.75) is 290 Å². The van der Waals surface area contributed by atoms with Crippen molar-refractivity contribution in [3.63, 3.8) is 0 Å². The van der Waals surface area contributed by atoms with Crippen LogP contribution >= 0.6 is 7.82 Å². The minimum absolute atomic E-state index is 0.169. The third-order valence-electron chi connectivity index (χ3n) is 12.5. The first-order valence-corrected chi connectivity index (χ1v) is 30.4. The lowest BCUT2D eigenvalue weighted by molar-refractivity contribution is -0.161. The summed E-state index contributed by atoms with van der Waals surface area (Å²) >= 11 is 0. The SMILES string of the molecule is CCC/C=C\C/C=C\CCCCCCCC(=O)OCC(COP(=O)(O)OCC(CO)OC(=O)CCCCCCC/C=C\CCCCCC)OC(=O)CCCCCCCCCCCCCCCCCCC. The molecule has 0 aromatic carbocycles. The van der Waals surface area contributed by atoms with Crippen LogP contribution in [0.25, 0.3) is 0 Å². The number of aliphatic hydroxyl groups excluding tert-OH is 1. The summed E-state index contributed by atoms with van der Waals surface area (Å²) in [5.41, 5.74) is 0. The van der Waals surface area contributed by atoms with E-state index in [0.29, 0.717) is 19.3 Å². The molecule has 0 spiro atoms. The van der Waals surface area contributed by atoms with Gasteiger partial charge in [-0.2, -0.15) is 0 Å². The van der Waals surface area contributed by atoms with Gasteiger partial charge in [0.1, 0.15) is 12.7 Å². The second kappa shape index (κ2) is 53.0. The van der Waals surface area contributed by atoms with Gasteiger partial charge in [-0.05, 0) is 70.6 Å². The number of phosphoric ester groups is 1. The maximum absolute atomic E-state index is 12.9. The van der Waals surface area contributed by atoms with Crippen molar-refractivity contribution < 1.29 is 52.2 Å². The van der Waals surface area contributed by atoms with E-state index in [1.807, 2.05) is 0 Å². The Labute approximate surface area is 429 Å². The number of carbonyl (C=O) groups is 3. The Morgan fingerprint density at radius 1 is 0.400 bits per heavy atom. The molecule has 0 saturated carbocycles. The second-order valence-electron chi connectivity index (χ2n) is 19.5. The first kappa shape index (κ1) is 67.7. The van der Waals surface area contributed by atoms with Crippen LogP contribution in [0.3, 0.4) is 0 Å². The van der Waals surface area contributed by atoms with E-state index in [0.717, 1.165) is 103 Å². The molecule has 0 amide bonds. The van der Waals surface area contributed by atoms with Crippen LogP contribution in [0.1, 0.15) is 278 Å². The molecule has 70 heavy (non-hydrogen) atoms. The molecular formula is C58H107O11P. The van der Waals surface area contributed by atoms with Crippen LogP contribution in [0, 0.1) is 0 Å². The average molecular weight is 1010 g/mol. The summed E-state index contributed by atoms with van der Waals surface area (Å²) in [5.74, 6) is -1.47. The lowest BCUT2D eigenvalue weighted by Gasteiger charge is -2.21. The molecule has 0 aliphatic heterocycles. The normalized spacial score (nSPS) is 13.6. The molecule has 12 heteroatoms. The Bertz CT molecular complexity index is 1320. The van der Waals surface area contributed by atoms with E-state index in [9.17, 15) is 28.9 Å². The Morgan fingerprint density at radius 2 is 0.729 bits per heavy atom. The minimum atomic E-state index is -4.74. The highest BCUT2D eigenvalue weighted by Gasteiger charge is 2.28. The number of phosphoric acid groups is 1. The van der Waals surface area contributed by atoms with Crippen LogP contribution in [-0.2, 0) is 42.2 Å². The summed E-state index contributed by atoms with van der Waals surface area (Å²) < 4.78 is 39.5. The fourth-order valence-corrected chi connectivity index (χ4v) is 8.88. The minimum Gasteiger partial charge on any atom is -0.462 e. The molecule has 11 nitrogen and oxygen atoms in total. The fourth-order valence-electron chi connectivity index (χ4n) is 8.10. The van der Waals surface area contributed by atoms with Gasteiger partial charge in [-0.3, -0.25) is 23.4 Å². The molecule has 0 aliphatic rings. The van der Waals surface area contributed by atoms with Crippen molar-refractivity contribution in [1.82, 2.24) is 0 Å². The van der Waals surface area contributed by atoms with Gasteiger partial charge in [0, 0.05) is 19.3 Å². The van der Waals surface area contributed by atoms with Crippen molar-refractivity contribution >= 4 is 25.7 Å². The molecule has 0 radical (unpaired) electrons. The van der Waals surface area contributed by atoms with Crippen LogP contribution in [0.2, 0.25) is 0 Å². The number of rotatable bonds is 54. The molecular weight excluding hydrogens is 904 g/mol. The number of hydrogen-bond acceptors (Lipinski definition) is 10. The predicted octanol–water partition coefficient (Wildman–Crippen LogP) is 16.8. The van der Waals surface area contributed by atoms with Crippen LogP contribution in [0.4, 0.5) is 0 Å². The van der Waals surface area contributed by atoms with Gasteiger partial charge < -0.3 is 24.2 Å². The zero-order chi connectivity index (χ0) is 51.3. The summed E-state index contributed by atoms with van der Waals surface area (Å²) in [5, 5.41) is 9.80. The monoisotopic (exact) mass is 1010 g/mol. The maximum atomic E-state index is 12.9. The second-order valence-corrected chi connectivity index (χ2v) is 20.9. The molecule has 0 fully saturated rings. The van der Waals surface area contributed by atoms with Gasteiger partial charge >= 0.3 is 25.7 Å². The molecule has 3 unspecified atom stereocenters. The number of hydrogen-bond donors (Lipinski definition) is 2. The Balaban J connectivity index is 4.70. The smallest absolute Gasteiger partial charge is 0.462 e. The third-order valence-corrected chi connectivity index (χ3v) is 13.5. The molecule has 0 rings (SSSR count). The van der Waals surface area contributed by atoms with E-state index >= 15 is 0 Å². The molecule has 0 saturated heterocycles. The summed E-state index contributed by atoms with van der Waals surface area (Å²) in [4.78, 5) is 48.5. The molecule has 2 N–H and O–H groups in total. The molecule has 0 heterocycles. The van der Waals surface area contributed by atoms with E-state index in [4.69, 9.17) is 23.3 Å². The molecule has 0 bridgehead atoms. The van der Waals surface area contributed by atoms with Crippen molar-refractivity contribution in [2.24, 2.45) is 0 Å². The van der Waals surface area contributed by atoms with E-state index in [1.165, 1.54) is 116 Å². The van der Waals surface area contributed by atoms with Crippen LogP contribution < -0.4 is 0 Å². The van der Waals surface area contributed by atoms with Crippen molar-refractivity contribution in [1.29, 1.82) is 0 Å². The van der Waals surface area contributed by atoms with E-state index in [-0.39, 0.29) is 25.9 Å². The molecule has 0 aromatic heterocycles. The molecule has 3 atom stereocenters. The lowest BCUT2D eigenvalue weighted by atomic mass is 10.0. The summed E-state index contributed by atoms with van der Waals surface area (Å²) in [6.07, 6.45) is 53.9. The first-order chi connectivity index (χ1) is 34.2. The fraction of sp³-hybridized carbons (Fsp3) is 0.845. The van der Waals surface area contributed by atoms with Crippen LogP contribution in [-0.4, -0.2) is 66.5 Å². The Kier molecular flexibility index (Phi) is 51.3. The van der Waals surface area contributed by atoms with E-state index in [2.05, 4.69) is 57.2 Å². The summed E-state index contributed by atoms with van der Waals surface area (Å²) in [7, 11) is -4.74. The van der Waals surface area contributed by atoms with Crippen molar-refractivity contribution in [3.8, 4) is 0 Å². The topological polar surface area (TPSA) is 155 Å². The molecule has 0 aliphatic carbocycles. The number of aliphatic hydroxyl groups is 1. The molecule has 410 valence electrons. The highest BCUT2D eigenvalue weighted by molar-refractivity contribution is 7.47. The van der Waals surface area contributed by atoms with Gasteiger partial charge in [-0.15, -0.1) is 0 Å². The predicted molar refractivity (Wildman–Crippen MR) is 289 cm³/mol. The van der Waals surface area contributed by atoms with Gasteiger partial charge in [-0.25, -0.2) is 4.57 Å². The molecule has 0 aromatic rings.